The first-order chi connectivity index (χ1) is 7.36. The van der Waals surface area contributed by atoms with Crippen LogP contribution in [0.3, 0.4) is 0 Å². The van der Waals surface area contributed by atoms with Crippen LogP contribution >= 0.6 is 0 Å². The van der Waals surface area contributed by atoms with Crippen molar-refractivity contribution >= 4 is 5.91 Å². The second-order valence-electron chi connectivity index (χ2n) is 3.82. The summed E-state index contributed by atoms with van der Waals surface area (Å²) in [6.07, 6.45) is 1.82. The van der Waals surface area contributed by atoms with Gasteiger partial charge in [0.2, 0.25) is 5.91 Å². The Bertz CT molecular complexity index is 324. The number of piperazine rings is 1. The Morgan fingerprint density at radius 3 is 2.73 bits per heavy atom. The SMILES string of the molecule is O=C1NCCN[C@H]1CCc1ccccc1. The summed E-state index contributed by atoms with van der Waals surface area (Å²) in [5, 5.41) is 6.09. The van der Waals surface area contributed by atoms with E-state index in [-0.39, 0.29) is 11.9 Å². The molecule has 80 valence electrons. The number of hydrogen-bond donors (Lipinski definition) is 2. The summed E-state index contributed by atoms with van der Waals surface area (Å²) in [6.45, 7) is 1.63. The Morgan fingerprint density at radius 1 is 1.20 bits per heavy atom. The molecule has 3 nitrogen and oxygen atoms in total. The minimum atomic E-state index is -0.0149. The van der Waals surface area contributed by atoms with Crippen LogP contribution in [0.2, 0.25) is 0 Å². The summed E-state index contributed by atoms with van der Waals surface area (Å²) in [7, 11) is 0. The van der Waals surface area contributed by atoms with Crippen LogP contribution in [0.15, 0.2) is 30.3 Å². The Kier molecular flexibility index (Phi) is 3.35. The van der Waals surface area contributed by atoms with E-state index in [9.17, 15) is 4.79 Å². The van der Waals surface area contributed by atoms with Crippen LogP contribution in [0.4, 0.5) is 0 Å². The quantitative estimate of drug-likeness (QED) is 0.761. The van der Waals surface area contributed by atoms with E-state index in [4.69, 9.17) is 0 Å². The lowest BCUT2D eigenvalue weighted by Crippen LogP contribution is -2.52. The molecule has 2 rings (SSSR count). The lowest BCUT2D eigenvalue weighted by Gasteiger charge is -2.23. The van der Waals surface area contributed by atoms with Gasteiger partial charge >= 0.3 is 0 Å². The monoisotopic (exact) mass is 204 g/mol. The molecular formula is C12H16N2O. The fraction of sp³-hybridized carbons (Fsp3) is 0.417. The molecule has 2 N–H and O–H groups in total. The third-order valence-corrected chi connectivity index (χ3v) is 2.70. The van der Waals surface area contributed by atoms with Crippen molar-refractivity contribution in [2.75, 3.05) is 13.1 Å². The fourth-order valence-corrected chi connectivity index (χ4v) is 1.84. The molecule has 0 aliphatic carbocycles. The first-order valence-electron chi connectivity index (χ1n) is 5.41. The maximum absolute atomic E-state index is 11.4. The van der Waals surface area contributed by atoms with Gasteiger partial charge in [0.1, 0.15) is 0 Å². The molecule has 1 aliphatic heterocycles. The van der Waals surface area contributed by atoms with Crippen LogP contribution in [-0.2, 0) is 11.2 Å². The van der Waals surface area contributed by atoms with Crippen molar-refractivity contribution < 1.29 is 4.79 Å². The van der Waals surface area contributed by atoms with Crippen LogP contribution < -0.4 is 10.6 Å². The number of carbonyl (C=O) groups is 1. The molecule has 0 spiro atoms. The molecule has 0 saturated carbocycles. The summed E-state index contributed by atoms with van der Waals surface area (Å²) in [4.78, 5) is 11.4. The number of hydrogen-bond acceptors (Lipinski definition) is 2. The Hall–Kier alpha value is -1.35. The van der Waals surface area contributed by atoms with Gasteiger partial charge in [-0.15, -0.1) is 0 Å². The van der Waals surface area contributed by atoms with Gasteiger partial charge in [0.25, 0.3) is 0 Å². The normalized spacial score (nSPS) is 21.1. The molecule has 1 aromatic carbocycles. The smallest absolute Gasteiger partial charge is 0.237 e. The molecule has 15 heavy (non-hydrogen) atoms. The lowest BCUT2D eigenvalue weighted by molar-refractivity contribution is -0.124. The van der Waals surface area contributed by atoms with E-state index in [0.29, 0.717) is 0 Å². The topological polar surface area (TPSA) is 41.1 Å². The van der Waals surface area contributed by atoms with Crippen molar-refractivity contribution in [2.45, 2.75) is 18.9 Å². The fourth-order valence-electron chi connectivity index (χ4n) is 1.84. The Morgan fingerprint density at radius 2 is 2.00 bits per heavy atom. The number of benzene rings is 1. The van der Waals surface area contributed by atoms with Crippen molar-refractivity contribution in [3.63, 3.8) is 0 Å². The zero-order valence-electron chi connectivity index (χ0n) is 8.70. The van der Waals surface area contributed by atoms with Crippen LogP contribution in [0.25, 0.3) is 0 Å². The predicted molar refractivity (Wildman–Crippen MR) is 59.6 cm³/mol. The highest BCUT2D eigenvalue weighted by atomic mass is 16.2. The lowest BCUT2D eigenvalue weighted by atomic mass is 10.0. The number of nitrogens with one attached hydrogen (secondary N) is 2. The molecule has 1 heterocycles. The third-order valence-electron chi connectivity index (χ3n) is 2.70. The Balaban J connectivity index is 1.85. The molecule has 1 aromatic rings. The van der Waals surface area contributed by atoms with Crippen molar-refractivity contribution in [2.24, 2.45) is 0 Å². The predicted octanol–water partition coefficient (Wildman–Crippen LogP) is 0.707. The molecule has 1 fully saturated rings. The van der Waals surface area contributed by atoms with Gasteiger partial charge in [0, 0.05) is 13.1 Å². The van der Waals surface area contributed by atoms with Gasteiger partial charge in [0.05, 0.1) is 6.04 Å². The molecule has 3 heteroatoms. The van der Waals surface area contributed by atoms with Crippen molar-refractivity contribution in [1.82, 2.24) is 10.6 Å². The van der Waals surface area contributed by atoms with E-state index in [1.165, 1.54) is 5.56 Å². The number of carbonyl (C=O) groups excluding carboxylic acids is 1. The van der Waals surface area contributed by atoms with Gasteiger partial charge in [-0.3, -0.25) is 4.79 Å². The number of amides is 1. The minimum absolute atomic E-state index is 0.0149. The maximum atomic E-state index is 11.4. The highest BCUT2D eigenvalue weighted by Gasteiger charge is 2.20. The van der Waals surface area contributed by atoms with Gasteiger partial charge in [-0.25, -0.2) is 0 Å². The van der Waals surface area contributed by atoms with Gasteiger partial charge in [0.15, 0.2) is 0 Å². The second kappa shape index (κ2) is 4.94. The average Bonchev–Trinajstić information content (AvgIpc) is 2.29. The number of rotatable bonds is 3. The minimum Gasteiger partial charge on any atom is -0.353 e. The summed E-state index contributed by atoms with van der Waals surface area (Å²) >= 11 is 0. The van der Waals surface area contributed by atoms with Crippen LogP contribution in [0, 0.1) is 0 Å². The summed E-state index contributed by atoms with van der Waals surface area (Å²) < 4.78 is 0. The molecule has 0 bridgehead atoms. The van der Waals surface area contributed by atoms with Crippen LogP contribution in [-0.4, -0.2) is 25.0 Å². The van der Waals surface area contributed by atoms with E-state index in [1.54, 1.807) is 0 Å². The standard InChI is InChI=1S/C12H16N2O/c15-12-11(13-8-9-14-12)7-6-10-4-2-1-3-5-10/h1-5,11,13H,6-9H2,(H,14,15)/t11-/m0/s1. The van der Waals surface area contributed by atoms with E-state index >= 15 is 0 Å². The summed E-state index contributed by atoms with van der Waals surface area (Å²) in [6, 6.07) is 10.3. The van der Waals surface area contributed by atoms with Crippen molar-refractivity contribution in [1.29, 1.82) is 0 Å². The molecule has 1 amide bonds. The first-order valence-corrected chi connectivity index (χ1v) is 5.41. The number of aryl methyl sites for hydroxylation is 1. The zero-order chi connectivity index (χ0) is 10.5. The third kappa shape index (κ3) is 2.80. The van der Waals surface area contributed by atoms with E-state index in [0.717, 1.165) is 25.9 Å². The van der Waals surface area contributed by atoms with Gasteiger partial charge < -0.3 is 10.6 Å². The Labute approximate surface area is 89.9 Å². The average molecular weight is 204 g/mol. The zero-order valence-corrected chi connectivity index (χ0v) is 8.70. The molecule has 1 aliphatic rings. The van der Waals surface area contributed by atoms with Crippen molar-refractivity contribution in [3.8, 4) is 0 Å². The molecule has 0 aromatic heterocycles. The molecule has 0 unspecified atom stereocenters. The highest BCUT2D eigenvalue weighted by Crippen LogP contribution is 2.06. The second-order valence-corrected chi connectivity index (χ2v) is 3.82. The van der Waals surface area contributed by atoms with Gasteiger partial charge in [-0.2, -0.15) is 0 Å². The molecule has 1 saturated heterocycles. The summed E-state index contributed by atoms with van der Waals surface area (Å²) in [5.74, 6) is 0.136. The van der Waals surface area contributed by atoms with Crippen LogP contribution in [0.1, 0.15) is 12.0 Å². The maximum Gasteiger partial charge on any atom is 0.237 e. The van der Waals surface area contributed by atoms with E-state index in [1.807, 2.05) is 18.2 Å². The summed E-state index contributed by atoms with van der Waals surface area (Å²) in [5.41, 5.74) is 1.29. The molecule has 1 atom stereocenters. The largest absolute Gasteiger partial charge is 0.353 e. The van der Waals surface area contributed by atoms with E-state index in [2.05, 4.69) is 22.8 Å². The highest BCUT2D eigenvalue weighted by molar-refractivity contribution is 5.82. The van der Waals surface area contributed by atoms with Crippen molar-refractivity contribution in [3.05, 3.63) is 35.9 Å². The van der Waals surface area contributed by atoms with Crippen LogP contribution in [0.5, 0.6) is 0 Å². The molecule has 0 radical (unpaired) electrons. The van der Waals surface area contributed by atoms with Gasteiger partial charge in [-0.1, -0.05) is 30.3 Å². The first kappa shape index (κ1) is 10.2. The van der Waals surface area contributed by atoms with E-state index < -0.39 is 0 Å². The molecular weight excluding hydrogens is 188 g/mol. The van der Waals surface area contributed by atoms with Gasteiger partial charge in [-0.05, 0) is 18.4 Å².